The second-order valence-electron chi connectivity index (χ2n) is 3.46. The zero-order valence-corrected chi connectivity index (χ0v) is 9.56. The molecule has 0 atom stereocenters. The van der Waals surface area contributed by atoms with Gasteiger partial charge in [-0.25, -0.2) is 0 Å². The van der Waals surface area contributed by atoms with Gasteiger partial charge in [-0.05, 0) is 24.3 Å². The van der Waals surface area contributed by atoms with Gasteiger partial charge in [0, 0.05) is 16.7 Å². The Balaban J connectivity index is 2.38. The molecule has 0 saturated heterocycles. The van der Waals surface area contributed by atoms with Crippen LogP contribution < -0.4 is 0 Å². The van der Waals surface area contributed by atoms with Crippen molar-refractivity contribution in [1.29, 1.82) is 0 Å². The first-order valence-electron chi connectivity index (χ1n) is 4.98. The highest BCUT2D eigenvalue weighted by Crippen LogP contribution is 2.16. The van der Waals surface area contributed by atoms with E-state index >= 15 is 0 Å². The van der Waals surface area contributed by atoms with E-state index < -0.39 is 5.82 Å². The lowest BCUT2D eigenvalue weighted by atomic mass is 10.2. The van der Waals surface area contributed by atoms with E-state index in [2.05, 4.69) is 0 Å². The lowest BCUT2D eigenvalue weighted by Gasteiger charge is -2.03. The quantitative estimate of drug-likeness (QED) is 0.345. The normalized spacial score (nSPS) is 11.5. The molecule has 0 aliphatic heterocycles. The molecule has 17 heavy (non-hydrogen) atoms. The summed E-state index contributed by atoms with van der Waals surface area (Å²) in [6.07, 6.45) is 1.28. The van der Waals surface area contributed by atoms with E-state index in [9.17, 15) is 9.60 Å². The monoisotopic (exact) mass is 249 g/mol. The Morgan fingerprint density at radius 2 is 1.88 bits per heavy atom. The van der Waals surface area contributed by atoms with Crippen LogP contribution in [0.4, 0.5) is 10.1 Å². The van der Waals surface area contributed by atoms with Crippen molar-refractivity contribution in [2.45, 2.75) is 0 Å². The molecule has 2 rings (SSSR count). The molecule has 0 bridgehead atoms. The molecule has 0 saturated carbocycles. The van der Waals surface area contributed by atoms with Gasteiger partial charge in [0.1, 0.15) is 0 Å². The number of rotatable bonds is 2. The highest BCUT2D eigenvalue weighted by molar-refractivity contribution is 6.30. The number of halogens is 2. The number of hydrogen-bond acceptors (Lipinski definition) is 1. The van der Waals surface area contributed by atoms with Gasteiger partial charge in [-0.15, -0.1) is 0 Å². The molecular weight excluding hydrogens is 241 g/mol. The highest BCUT2D eigenvalue weighted by atomic mass is 35.5. The van der Waals surface area contributed by atoms with Gasteiger partial charge in [-0.1, -0.05) is 29.8 Å². The van der Waals surface area contributed by atoms with Crippen molar-refractivity contribution >= 4 is 23.5 Å². The molecule has 0 amide bonds. The Morgan fingerprint density at radius 3 is 2.59 bits per heavy atom. The van der Waals surface area contributed by atoms with Gasteiger partial charge < -0.3 is 5.21 Å². The van der Waals surface area contributed by atoms with Gasteiger partial charge >= 0.3 is 0 Å². The molecule has 0 aliphatic carbocycles. The van der Waals surface area contributed by atoms with E-state index in [0.717, 1.165) is 0 Å². The van der Waals surface area contributed by atoms with Crippen LogP contribution in [0.1, 0.15) is 5.56 Å². The van der Waals surface area contributed by atoms with Gasteiger partial charge in [0.05, 0.1) is 0 Å². The lowest BCUT2D eigenvalue weighted by molar-refractivity contribution is -0.357. The van der Waals surface area contributed by atoms with Crippen molar-refractivity contribution < 1.29 is 9.13 Å². The summed E-state index contributed by atoms with van der Waals surface area (Å²) in [4.78, 5) is 0. The minimum Gasteiger partial charge on any atom is -0.618 e. The molecule has 0 radical (unpaired) electrons. The van der Waals surface area contributed by atoms with E-state index in [-0.39, 0.29) is 5.69 Å². The SMILES string of the molecule is [O-][N+](=Cc1cccc(Cl)c1)c1ccccc1F. The fourth-order valence-electron chi connectivity index (χ4n) is 1.42. The molecule has 2 aromatic carbocycles. The minimum absolute atomic E-state index is 0.0209. The van der Waals surface area contributed by atoms with E-state index in [0.29, 0.717) is 15.3 Å². The van der Waals surface area contributed by atoms with Crippen LogP contribution in [0.5, 0.6) is 0 Å². The summed E-state index contributed by atoms with van der Waals surface area (Å²) in [5.41, 5.74) is 0.600. The zero-order valence-electron chi connectivity index (χ0n) is 8.81. The number of nitrogens with zero attached hydrogens (tertiary/aromatic N) is 1. The van der Waals surface area contributed by atoms with Crippen molar-refractivity contribution in [3.63, 3.8) is 0 Å². The summed E-state index contributed by atoms with van der Waals surface area (Å²) in [6.45, 7) is 0. The second kappa shape index (κ2) is 4.97. The van der Waals surface area contributed by atoms with Crippen molar-refractivity contribution in [1.82, 2.24) is 0 Å². The molecule has 86 valence electrons. The van der Waals surface area contributed by atoms with Crippen LogP contribution in [0.25, 0.3) is 0 Å². The standard InChI is InChI=1S/C13H9ClFNO/c14-11-5-3-4-10(8-11)9-16(17)13-7-2-1-6-12(13)15/h1-9H. The van der Waals surface area contributed by atoms with Crippen LogP contribution >= 0.6 is 11.6 Å². The maximum absolute atomic E-state index is 13.3. The van der Waals surface area contributed by atoms with Gasteiger partial charge in [-0.3, -0.25) is 0 Å². The topological polar surface area (TPSA) is 26.1 Å². The molecular formula is C13H9ClFNO. The van der Waals surface area contributed by atoms with E-state index in [1.54, 1.807) is 30.3 Å². The lowest BCUT2D eigenvalue weighted by Crippen LogP contribution is -2.00. The highest BCUT2D eigenvalue weighted by Gasteiger charge is 2.08. The van der Waals surface area contributed by atoms with Crippen molar-refractivity contribution in [3.8, 4) is 0 Å². The molecule has 0 aliphatic rings. The molecule has 0 unspecified atom stereocenters. The van der Waals surface area contributed by atoms with Gasteiger partial charge in [-0.2, -0.15) is 9.13 Å². The maximum atomic E-state index is 13.3. The fourth-order valence-corrected chi connectivity index (χ4v) is 1.62. The predicted octanol–water partition coefficient (Wildman–Crippen LogP) is 3.74. The molecule has 0 aromatic heterocycles. The summed E-state index contributed by atoms with van der Waals surface area (Å²) in [5, 5.41) is 12.3. The Morgan fingerprint density at radius 1 is 1.12 bits per heavy atom. The Labute approximate surface area is 103 Å². The van der Waals surface area contributed by atoms with Crippen molar-refractivity contribution in [3.05, 3.63) is 70.1 Å². The number of para-hydroxylation sites is 1. The predicted molar refractivity (Wildman–Crippen MR) is 66.3 cm³/mol. The van der Waals surface area contributed by atoms with Gasteiger partial charge in [0.25, 0.3) is 5.69 Å². The smallest absolute Gasteiger partial charge is 0.252 e. The molecule has 2 nitrogen and oxygen atoms in total. The number of benzene rings is 2. The molecule has 2 aromatic rings. The zero-order chi connectivity index (χ0) is 12.3. The van der Waals surface area contributed by atoms with E-state index in [1.165, 1.54) is 24.4 Å². The second-order valence-corrected chi connectivity index (χ2v) is 3.90. The molecule has 0 heterocycles. The summed E-state index contributed by atoms with van der Waals surface area (Å²) in [5.74, 6) is -0.555. The third kappa shape index (κ3) is 2.82. The largest absolute Gasteiger partial charge is 0.618 e. The van der Waals surface area contributed by atoms with Crippen LogP contribution in [-0.2, 0) is 0 Å². The summed E-state index contributed by atoms with van der Waals surface area (Å²) in [6, 6.07) is 12.6. The minimum atomic E-state index is -0.555. The Kier molecular flexibility index (Phi) is 3.40. The molecule has 4 heteroatoms. The fraction of sp³-hybridized carbons (Fsp3) is 0. The van der Waals surface area contributed by atoms with E-state index in [4.69, 9.17) is 11.6 Å². The molecule has 0 N–H and O–H groups in total. The first-order chi connectivity index (χ1) is 8.16. The van der Waals surface area contributed by atoms with E-state index in [1.807, 2.05) is 0 Å². The van der Waals surface area contributed by atoms with Crippen LogP contribution in [0.15, 0.2) is 48.5 Å². The van der Waals surface area contributed by atoms with Crippen LogP contribution in [-0.4, -0.2) is 11.0 Å². The van der Waals surface area contributed by atoms with Gasteiger partial charge in [0.15, 0.2) is 12.0 Å². The van der Waals surface area contributed by atoms with Crippen LogP contribution in [0.2, 0.25) is 5.02 Å². The Hall–Kier alpha value is -1.87. The third-order valence-corrected chi connectivity index (χ3v) is 2.44. The first-order valence-corrected chi connectivity index (χ1v) is 5.36. The average Bonchev–Trinajstić information content (AvgIpc) is 2.29. The number of hydrogen-bond donors (Lipinski definition) is 0. The maximum Gasteiger partial charge on any atom is 0.252 e. The average molecular weight is 250 g/mol. The Bertz CT molecular complexity index is 569. The summed E-state index contributed by atoms with van der Waals surface area (Å²) >= 11 is 5.79. The van der Waals surface area contributed by atoms with Crippen molar-refractivity contribution in [2.24, 2.45) is 0 Å². The van der Waals surface area contributed by atoms with Gasteiger partial charge in [0.2, 0.25) is 0 Å². The summed E-state index contributed by atoms with van der Waals surface area (Å²) < 4.78 is 13.8. The van der Waals surface area contributed by atoms with Crippen molar-refractivity contribution in [2.75, 3.05) is 0 Å². The van der Waals surface area contributed by atoms with Crippen LogP contribution in [0.3, 0.4) is 0 Å². The molecule has 0 spiro atoms. The molecule has 0 fully saturated rings. The third-order valence-electron chi connectivity index (χ3n) is 2.20. The first kappa shape index (κ1) is 11.6. The van der Waals surface area contributed by atoms with Crippen LogP contribution in [0, 0.1) is 11.0 Å². The summed E-state index contributed by atoms with van der Waals surface area (Å²) in [7, 11) is 0.